The van der Waals surface area contributed by atoms with E-state index in [9.17, 15) is 0 Å². The molecule has 0 aliphatic rings. The van der Waals surface area contributed by atoms with Crippen LogP contribution in [-0.2, 0) is 0 Å². The molecule has 0 saturated carbocycles. The van der Waals surface area contributed by atoms with Gasteiger partial charge in [-0.25, -0.2) is 0 Å². The molecule has 0 rings (SSSR count). The van der Waals surface area contributed by atoms with Crippen molar-refractivity contribution < 1.29 is 0 Å². The molecule has 2 nitrogen and oxygen atoms in total. The zero-order valence-electron chi connectivity index (χ0n) is 6.10. The van der Waals surface area contributed by atoms with Crippen molar-refractivity contribution in [2.24, 2.45) is 10.2 Å². The molecule has 0 fully saturated rings. The summed E-state index contributed by atoms with van der Waals surface area (Å²) >= 11 is 0. The van der Waals surface area contributed by atoms with Crippen LogP contribution < -0.4 is 0 Å². The van der Waals surface area contributed by atoms with E-state index >= 15 is 0 Å². The number of hydrogen-bond donors (Lipinski definition) is 0. The molecule has 0 aromatic rings. The van der Waals surface area contributed by atoms with Gasteiger partial charge in [0.25, 0.3) is 0 Å². The summed E-state index contributed by atoms with van der Waals surface area (Å²) in [7, 11) is 0. The average Bonchev–Trinajstić information content (AvgIpc) is 1.59. The minimum atomic E-state index is 0.00993. The lowest BCUT2D eigenvalue weighted by Crippen LogP contribution is -2.07. The summed E-state index contributed by atoms with van der Waals surface area (Å²) < 4.78 is 0. The van der Waals surface area contributed by atoms with Crippen LogP contribution >= 0.6 is 0 Å². The van der Waals surface area contributed by atoms with Gasteiger partial charge in [0.2, 0.25) is 0 Å². The molecule has 2 heteroatoms. The molecule has 0 amide bonds. The van der Waals surface area contributed by atoms with Crippen molar-refractivity contribution in [3.63, 3.8) is 0 Å². The smallest absolute Gasteiger partial charge is 0.0732 e. The maximum absolute atomic E-state index is 4.00. The molecule has 0 aliphatic carbocycles. The van der Waals surface area contributed by atoms with Crippen molar-refractivity contribution in [1.82, 2.24) is 0 Å². The molecule has 0 N–H and O–H groups in total. The van der Waals surface area contributed by atoms with Gasteiger partial charge in [-0.05, 0) is 27.7 Å². The summed E-state index contributed by atoms with van der Waals surface area (Å²) in [6, 6.07) is 0. The molecule has 0 spiro atoms. The van der Waals surface area contributed by atoms with Crippen molar-refractivity contribution in [2.45, 2.75) is 33.2 Å². The van der Waals surface area contributed by atoms with Gasteiger partial charge in [-0.3, -0.25) is 0 Å². The first-order chi connectivity index (χ1) is 3.56. The lowest BCUT2D eigenvalue weighted by Gasteiger charge is -2.07. The quantitative estimate of drug-likeness (QED) is 0.467. The van der Waals surface area contributed by atoms with Crippen molar-refractivity contribution in [3.8, 4) is 0 Å². The summed E-state index contributed by atoms with van der Waals surface area (Å²) in [6.45, 7) is 8.87. The highest BCUT2D eigenvalue weighted by atomic mass is 15.1. The maximum atomic E-state index is 4.00. The highest BCUT2D eigenvalue weighted by Crippen LogP contribution is 2.05. The normalized spacial score (nSPS) is 13.0. The molecule has 0 saturated heterocycles. The molecule has 0 aromatic heterocycles. The van der Waals surface area contributed by atoms with E-state index in [1.54, 1.807) is 0 Å². The van der Waals surface area contributed by atoms with Crippen LogP contribution in [0.25, 0.3) is 0 Å². The Bertz CT molecular complexity index is 79.0. The lowest BCUT2D eigenvalue weighted by molar-refractivity contribution is 0.541. The van der Waals surface area contributed by atoms with E-state index in [1.165, 1.54) is 0 Å². The topological polar surface area (TPSA) is 24.7 Å². The molecule has 48 valence electrons. The van der Waals surface area contributed by atoms with Crippen molar-refractivity contribution in [2.75, 3.05) is 6.54 Å². The molecule has 0 aromatic carbocycles. The lowest BCUT2D eigenvalue weighted by atomic mass is 10.1. The SMILES string of the molecule is CCN=NC(C)(C)C. The van der Waals surface area contributed by atoms with Crippen LogP contribution in [0, 0.1) is 0 Å². The largest absolute Gasteiger partial charge is 0.194 e. The first-order valence-electron chi connectivity index (χ1n) is 2.95. The van der Waals surface area contributed by atoms with E-state index in [0.29, 0.717) is 0 Å². The predicted octanol–water partition coefficient (Wildman–Crippen LogP) is 2.26. The molecule has 0 unspecified atom stereocenters. The Balaban J connectivity index is 3.52. The number of rotatable bonds is 1. The zero-order chi connectivity index (χ0) is 6.62. The second-order valence-electron chi connectivity index (χ2n) is 2.73. The zero-order valence-corrected chi connectivity index (χ0v) is 6.10. The minimum absolute atomic E-state index is 0.00993. The average molecular weight is 114 g/mol. The van der Waals surface area contributed by atoms with E-state index < -0.39 is 0 Å². The second-order valence-corrected chi connectivity index (χ2v) is 2.73. The van der Waals surface area contributed by atoms with E-state index in [4.69, 9.17) is 0 Å². The molecule has 0 bridgehead atoms. The van der Waals surface area contributed by atoms with Crippen LogP contribution in [0.5, 0.6) is 0 Å². The standard InChI is InChI=1S/C6H14N2/c1-5-7-8-6(2,3)4/h5H2,1-4H3. The summed E-state index contributed by atoms with van der Waals surface area (Å²) in [5.41, 5.74) is 0.00993. The number of azo groups is 1. The fourth-order valence-corrected chi connectivity index (χ4v) is 0.283. The van der Waals surface area contributed by atoms with Crippen molar-refractivity contribution in [3.05, 3.63) is 0 Å². The Morgan fingerprint density at radius 1 is 1.25 bits per heavy atom. The van der Waals surface area contributed by atoms with Gasteiger partial charge in [0.05, 0.1) is 12.1 Å². The molecule has 0 atom stereocenters. The first-order valence-corrected chi connectivity index (χ1v) is 2.95. The molecule has 0 aliphatic heterocycles. The van der Waals surface area contributed by atoms with Crippen molar-refractivity contribution in [1.29, 1.82) is 0 Å². The third-order valence-electron chi connectivity index (χ3n) is 0.512. The van der Waals surface area contributed by atoms with Gasteiger partial charge >= 0.3 is 0 Å². The molecule has 8 heavy (non-hydrogen) atoms. The molecule has 0 heterocycles. The van der Waals surface area contributed by atoms with Crippen LogP contribution in [0.15, 0.2) is 10.2 Å². The third-order valence-corrected chi connectivity index (χ3v) is 0.512. The van der Waals surface area contributed by atoms with Gasteiger partial charge in [0.15, 0.2) is 0 Å². The Morgan fingerprint density at radius 2 is 1.75 bits per heavy atom. The highest BCUT2D eigenvalue weighted by molar-refractivity contribution is 4.66. The van der Waals surface area contributed by atoms with Crippen LogP contribution in [0.4, 0.5) is 0 Å². The molecule has 0 radical (unpaired) electrons. The summed E-state index contributed by atoms with van der Waals surface area (Å²) in [4.78, 5) is 0. The fraction of sp³-hybridized carbons (Fsp3) is 1.00. The predicted molar refractivity (Wildman–Crippen MR) is 35.1 cm³/mol. The summed E-state index contributed by atoms with van der Waals surface area (Å²) in [5.74, 6) is 0. The van der Waals surface area contributed by atoms with Crippen LogP contribution in [0.1, 0.15) is 27.7 Å². The summed E-state index contributed by atoms with van der Waals surface area (Å²) in [6.07, 6.45) is 0. The molecular formula is C6H14N2. The Hall–Kier alpha value is -0.400. The minimum Gasteiger partial charge on any atom is -0.194 e. The Morgan fingerprint density at radius 3 is 1.88 bits per heavy atom. The van der Waals surface area contributed by atoms with E-state index in [-0.39, 0.29) is 5.54 Å². The van der Waals surface area contributed by atoms with Gasteiger partial charge in [0, 0.05) is 0 Å². The van der Waals surface area contributed by atoms with Crippen molar-refractivity contribution >= 4 is 0 Å². The van der Waals surface area contributed by atoms with Gasteiger partial charge in [0.1, 0.15) is 0 Å². The number of hydrogen-bond acceptors (Lipinski definition) is 2. The van der Waals surface area contributed by atoms with Gasteiger partial charge in [-0.15, -0.1) is 0 Å². The monoisotopic (exact) mass is 114 g/mol. The van der Waals surface area contributed by atoms with Gasteiger partial charge in [-0.2, -0.15) is 10.2 Å². The van der Waals surface area contributed by atoms with Crippen LogP contribution in [-0.4, -0.2) is 12.1 Å². The van der Waals surface area contributed by atoms with E-state index in [0.717, 1.165) is 6.54 Å². The Kier molecular flexibility index (Phi) is 2.66. The van der Waals surface area contributed by atoms with Crippen LogP contribution in [0.3, 0.4) is 0 Å². The maximum Gasteiger partial charge on any atom is 0.0732 e. The second kappa shape index (κ2) is 2.80. The van der Waals surface area contributed by atoms with E-state index in [2.05, 4.69) is 10.2 Å². The number of nitrogens with zero attached hydrogens (tertiary/aromatic N) is 2. The van der Waals surface area contributed by atoms with Crippen LogP contribution in [0.2, 0.25) is 0 Å². The third kappa shape index (κ3) is 5.60. The first kappa shape index (κ1) is 7.60. The fourth-order valence-electron chi connectivity index (χ4n) is 0.283. The van der Waals surface area contributed by atoms with E-state index in [1.807, 2.05) is 27.7 Å². The summed E-state index contributed by atoms with van der Waals surface area (Å²) in [5, 5.41) is 7.87. The highest BCUT2D eigenvalue weighted by Gasteiger charge is 2.04. The Labute approximate surface area is 51.0 Å². The van der Waals surface area contributed by atoms with Gasteiger partial charge < -0.3 is 0 Å². The molecular weight excluding hydrogens is 100 g/mol. The van der Waals surface area contributed by atoms with Gasteiger partial charge in [-0.1, -0.05) is 0 Å².